The third kappa shape index (κ3) is 4.07. The van der Waals surface area contributed by atoms with E-state index in [1.807, 2.05) is 11.8 Å². The van der Waals surface area contributed by atoms with Gasteiger partial charge >= 0.3 is 0 Å². The Bertz CT molecular complexity index is 839. The van der Waals surface area contributed by atoms with Gasteiger partial charge in [0.15, 0.2) is 0 Å². The number of aryl methyl sites for hydroxylation is 1. The number of aromatic amines is 1. The van der Waals surface area contributed by atoms with Gasteiger partial charge in [-0.15, -0.1) is 12.4 Å². The average Bonchev–Trinajstić information content (AvgIpc) is 3.35. The van der Waals surface area contributed by atoms with E-state index in [-0.39, 0.29) is 36.8 Å². The van der Waals surface area contributed by atoms with Crippen molar-refractivity contribution >= 4 is 18.3 Å². The lowest BCUT2D eigenvalue weighted by Crippen LogP contribution is -2.37. The van der Waals surface area contributed by atoms with Crippen molar-refractivity contribution in [2.45, 2.75) is 65.0 Å². The van der Waals surface area contributed by atoms with Crippen molar-refractivity contribution in [3.05, 3.63) is 28.6 Å². The van der Waals surface area contributed by atoms with Gasteiger partial charge in [0.2, 0.25) is 5.91 Å². The molecule has 2 aliphatic rings. The zero-order valence-electron chi connectivity index (χ0n) is 16.8. The van der Waals surface area contributed by atoms with E-state index in [2.05, 4.69) is 34.1 Å². The SMILES string of the molecule is Cc1nc([C@@H](N)C(C)C)n(CC(=O)N2CCc3[nH]nc(C4CC4)c3CC2)n1.Cl. The molecule has 0 spiro atoms. The van der Waals surface area contributed by atoms with Crippen LogP contribution in [0.2, 0.25) is 0 Å². The summed E-state index contributed by atoms with van der Waals surface area (Å²) in [6, 6.07) is -0.227. The van der Waals surface area contributed by atoms with Crippen molar-refractivity contribution in [2.24, 2.45) is 11.7 Å². The Labute approximate surface area is 171 Å². The molecule has 0 unspecified atom stereocenters. The van der Waals surface area contributed by atoms with Crippen molar-refractivity contribution in [3.8, 4) is 0 Å². The van der Waals surface area contributed by atoms with E-state index in [0.29, 0.717) is 24.1 Å². The van der Waals surface area contributed by atoms with E-state index in [1.54, 1.807) is 4.68 Å². The minimum absolute atomic E-state index is 0. The molecule has 1 aliphatic heterocycles. The minimum atomic E-state index is -0.227. The molecule has 0 bridgehead atoms. The molecule has 9 heteroatoms. The number of hydrogen-bond acceptors (Lipinski definition) is 5. The molecule has 1 aliphatic carbocycles. The standard InChI is InChI=1S/C19H29N7O.ClH/c1-11(2)17(20)19-21-12(3)24-26(19)10-16(27)25-8-6-14-15(7-9-25)22-23-18(14)13-4-5-13;/h11,13,17H,4-10,20H2,1-3H3,(H,22,23);1H/t17-;/m0./s1. The number of carbonyl (C=O) groups excluding carboxylic acids is 1. The summed E-state index contributed by atoms with van der Waals surface area (Å²) in [5, 5.41) is 12.1. The first-order valence-corrected chi connectivity index (χ1v) is 9.94. The van der Waals surface area contributed by atoms with Crippen LogP contribution in [0.25, 0.3) is 0 Å². The number of carbonyl (C=O) groups is 1. The van der Waals surface area contributed by atoms with Crippen molar-refractivity contribution in [1.82, 2.24) is 29.9 Å². The van der Waals surface area contributed by atoms with Crippen LogP contribution in [-0.2, 0) is 24.2 Å². The molecule has 1 atom stereocenters. The fourth-order valence-corrected chi connectivity index (χ4v) is 3.81. The van der Waals surface area contributed by atoms with Crippen molar-refractivity contribution in [2.75, 3.05) is 13.1 Å². The highest BCUT2D eigenvalue weighted by molar-refractivity contribution is 5.85. The number of fused-ring (bicyclic) bond motifs is 1. The van der Waals surface area contributed by atoms with E-state index in [4.69, 9.17) is 5.73 Å². The second-order valence-electron chi connectivity index (χ2n) is 8.17. The monoisotopic (exact) mass is 407 g/mol. The molecule has 28 heavy (non-hydrogen) atoms. The van der Waals surface area contributed by atoms with Crippen LogP contribution in [0.1, 0.15) is 67.2 Å². The number of H-pyrrole nitrogens is 1. The summed E-state index contributed by atoms with van der Waals surface area (Å²) in [6.45, 7) is 7.56. The van der Waals surface area contributed by atoms with Crippen LogP contribution in [-0.4, -0.2) is 48.9 Å². The smallest absolute Gasteiger partial charge is 0.244 e. The molecule has 0 radical (unpaired) electrons. The van der Waals surface area contributed by atoms with E-state index in [9.17, 15) is 4.79 Å². The molecule has 1 amide bonds. The molecule has 3 N–H and O–H groups in total. The first-order chi connectivity index (χ1) is 12.9. The molecule has 0 saturated heterocycles. The van der Waals surface area contributed by atoms with Gasteiger partial charge in [0.25, 0.3) is 0 Å². The quantitative estimate of drug-likeness (QED) is 0.787. The highest BCUT2D eigenvalue weighted by Crippen LogP contribution is 2.41. The largest absolute Gasteiger partial charge is 0.340 e. The zero-order chi connectivity index (χ0) is 19.1. The van der Waals surface area contributed by atoms with Crippen LogP contribution in [0.15, 0.2) is 0 Å². The molecule has 0 aromatic carbocycles. The third-order valence-electron chi connectivity index (χ3n) is 5.67. The van der Waals surface area contributed by atoms with Gasteiger partial charge in [-0.1, -0.05) is 13.8 Å². The maximum Gasteiger partial charge on any atom is 0.244 e. The molecule has 1 saturated carbocycles. The third-order valence-corrected chi connectivity index (χ3v) is 5.67. The van der Waals surface area contributed by atoms with Crippen LogP contribution in [0.3, 0.4) is 0 Å². The van der Waals surface area contributed by atoms with Crippen LogP contribution in [0, 0.1) is 12.8 Å². The minimum Gasteiger partial charge on any atom is -0.340 e. The summed E-state index contributed by atoms with van der Waals surface area (Å²) in [5.74, 6) is 2.28. The van der Waals surface area contributed by atoms with Crippen LogP contribution in [0.4, 0.5) is 0 Å². The Morgan fingerprint density at radius 2 is 2.00 bits per heavy atom. The van der Waals surface area contributed by atoms with Crippen LogP contribution >= 0.6 is 12.4 Å². The first kappa shape index (κ1) is 20.8. The molecule has 8 nitrogen and oxygen atoms in total. The molecule has 3 heterocycles. The van der Waals surface area contributed by atoms with Gasteiger partial charge in [0.05, 0.1) is 11.7 Å². The average molecular weight is 408 g/mol. The number of nitrogens with two attached hydrogens (primary N) is 1. The molecule has 2 aromatic rings. The van der Waals surface area contributed by atoms with Gasteiger partial charge < -0.3 is 10.6 Å². The lowest BCUT2D eigenvalue weighted by molar-refractivity contribution is -0.132. The maximum atomic E-state index is 12.9. The summed E-state index contributed by atoms with van der Waals surface area (Å²) in [7, 11) is 0. The number of halogens is 1. The Balaban J connectivity index is 0.00000225. The Hall–Kier alpha value is -1.93. The topological polar surface area (TPSA) is 106 Å². The number of hydrogen-bond donors (Lipinski definition) is 2. The van der Waals surface area contributed by atoms with E-state index in [0.717, 1.165) is 19.4 Å². The number of nitrogens with zero attached hydrogens (tertiary/aromatic N) is 5. The fourth-order valence-electron chi connectivity index (χ4n) is 3.81. The highest BCUT2D eigenvalue weighted by atomic mass is 35.5. The number of nitrogens with one attached hydrogen (secondary N) is 1. The molecular formula is C19H30ClN7O. The number of rotatable bonds is 5. The van der Waals surface area contributed by atoms with Gasteiger partial charge in [0.1, 0.15) is 18.2 Å². The van der Waals surface area contributed by atoms with Gasteiger partial charge in [-0.25, -0.2) is 9.67 Å². The predicted octanol–water partition coefficient (Wildman–Crippen LogP) is 1.89. The van der Waals surface area contributed by atoms with Crippen molar-refractivity contribution in [1.29, 1.82) is 0 Å². The van der Waals surface area contributed by atoms with Gasteiger partial charge in [0, 0.05) is 31.1 Å². The summed E-state index contributed by atoms with van der Waals surface area (Å²) >= 11 is 0. The van der Waals surface area contributed by atoms with E-state index >= 15 is 0 Å². The van der Waals surface area contributed by atoms with Crippen molar-refractivity contribution in [3.63, 3.8) is 0 Å². The summed E-state index contributed by atoms with van der Waals surface area (Å²) in [4.78, 5) is 19.3. The normalized spacial score (nSPS) is 17.8. The fraction of sp³-hybridized carbons (Fsp3) is 0.684. The van der Waals surface area contributed by atoms with Gasteiger partial charge in [-0.05, 0) is 37.7 Å². The lowest BCUT2D eigenvalue weighted by Gasteiger charge is -2.22. The molecule has 1 fully saturated rings. The second-order valence-corrected chi connectivity index (χ2v) is 8.17. The van der Waals surface area contributed by atoms with Crippen LogP contribution < -0.4 is 5.73 Å². The zero-order valence-corrected chi connectivity index (χ0v) is 17.6. The Morgan fingerprint density at radius 3 is 2.68 bits per heavy atom. The number of aromatic nitrogens is 5. The predicted molar refractivity (Wildman–Crippen MR) is 108 cm³/mol. The van der Waals surface area contributed by atoms with Crippen molar-refractivity contribution < 1.29 is 4.79 Å². The maximum absolute atomic E-state index is 12.9. The summed E-state index contributed by atoms with van der Waals surface area (Å²) in [6.07, 6.45) is 4.18. The van der Waals surface area contributed by atoms with Crippen LogP contribution in [0.5, 0.6) is 0 Å². The van der Waals surface area contributed by atoms with E-state index < -0.39 is 0 Å². The summed E-state index contributed by atoms with van der Waals surface area (Å²) in [5.41, 5.74) is 10.0. The summed E-state index contributed by atoms with van der Waals surface area (Å²) < 4.78 is 1.68. The number of amides is 1. The van der Waals surface area contributed by atoms with Gasteiger partial charge in [-0.2, -0.15) is 10.2 Å². The molecular weight excluding hydrogens is 378 g/mol. The highest BCUT2D eigenvalue weighted by Gasteiger charge is 2.32. The molecule has 4 rings (SSSR count). The molecule has 2 aromatic heterocycles. The first-order valence-electron chi connectivity index (χ1n) is 9.94. The van der Waals surface area contributed by atoms with E-state index in [1.165, 1.54) is 29.8 Å². The second kappa shape index (κ2) is 8.21. The lowest BCUT2D eigenvalue weighted by atomic mass is 10.1. The molecule has 154 valence electrons. The Kier molecular flexibility index (Phi) is 6.09. The Morgan fingerprint density at radius 1 is 1.29 bits per heavy atom. The van der Waals surface area contributed by atoms with Gasteiger partial charge in [-0.3, -0.25) is 9.89 Å².